The molecule has 1 aromatic rings. The van der Waals surface area contributed by atoms with E-state index in [1.54, 1.807) is 0 Å². The predicted molar refractivity (Wildman–Crippen MR) is 60.4 cm³/mol. The molecule has 0 unspecified atom stereocenters. The molecule has 1 saturated carbocycles. The van der Waals surface area contributed by atoms with Crippen molar-refractivity contribution in [2.24, 2.45) is 0 Å². The lowest BCUT2D eigenvalue weighted by Gasteiger charge is -2.17. The Morgan fingerprint density at radius 1 is 1.47 bits per heavy atom. The van der Waals surface area contributed by atoms with Gasteiger partial charge in [-0.3, -0.25) is 4.90 Å². The van der Waals surface area contributed by atoms with E-state index < -0.39 is 0 Å². The third-order valence-electron chi connectivity index (χ3n) is 3.06. The SMILES string of the molecule is Cc1cc(C#N)ccc1CN(C)C1CC1. The fourth-order valence-electron chi connectivity index (χ4n) is 1.86. The molecule has 0 heterocycles. The summed E-state index contributed by atoms with van der Waals surface area (Å²) in [7, 11) is 2.18. The van der Waals surface area contributed by atoms with E-state index in [-0.39, 0.29) is 0 Å². The van der Waals surface area contributed by atoms with Gasteiger partial charge in [-0.05, 0) is 50.1 Å². The predicted octanol–water partition coefficient (Wildman–Crippen LogP) is 2.46. The molecule has 0 saturated heterocycles. The minimum atomic E-state index is 0.755. The Morgan fingerprint density at radius 2 is 2.20 bits per heavy atom. The van der Waals surface area contributed by atoms with Crippen LogP contribution in [0.2, 0.25) is 0 Å². The molecule has 0 aliphatic heterocycles. The average molecular weight is 200 g/mol. The van der Waals surface area contributed by atoms with E-state index in [2.05, 4.69) is 31.0 Å². The maximum absolute atomic E-state index is 8.77. The number of aryl methyl sites for hydroxylation is 1. The van der Waals surface area contributed by atoms with Crippen LogP contribution in [0.4, 0.5) is 0 Å². The van der Waals surface area contributed by atoms with Gasteiger partial charge in [-0.15, -0.1) is 0 Å². The summed E-state index contributed by atoms with van der Waals surface area (Å²) in [5.41, 5.74) is 3.32. The third-order valence-corrected chi connectivity index (χ3v) is 3.06. The summed E-state index contributed by atoms with van der Waals surface area (Å²) < 4.78 is 0. The monoisotopic (exact) mass is 200 g/mol. The molecule has 1 fully saturated rings. The Morgan fingerprint density at radius 3 is 2.73 bits per heavy atom. The van der Waals surface area contributed by atoms with Crippen LogP contribution in [0.1, 0.15) is 29.5 Å². The highest BCUT2D eigenvalue weighted by Crippen LogP contribution is 2.27. The molecule has 2 nitrogen and oxygen atoms in total. The molecule has 0 radical (unpaired) electrons. The number of hydrogen-bond acceptors (Lipinski definition) is 2. The first-order chi connectivity index (χ1) is 7.20. The fraction of sp³-hybridized carbons (Fsp3) is 0.462. The van der Waals surface area contributed by atoms with Crippen molar-refractivity contribution in [1.29, 1.82) is 5.26 Å². The summed E-state index contributed by atoms with van der Waals surface area (Å²) >= 11 is 0. The molecule has 2 heteroatoms. The molecule has 0 N–H and O–H groups in total. The van der Waals surface area contributed by atoms with Crippen LogP contribution < -0.4 is 0 Å². The molecule has 0 atom stereocenters. The van der Waals surface area contributed by atoms with Crippen LogP contribution in [0.25, 0.3) is 0 Å². The Bertz CT molecular complexity index is 399. The number of benzene rings is 1. The van der Waals surface area contributed by atoms with Gasteiger partial charge in [0, 0.05) is 12.6 Å². The van der Waals surface area contributed by atoms with Gasteiger partial charge < -0.3 is 0 Å². The van der Waals surface area contributed by atoms with Crippen LogP contribution in [0.5, 0.6) is 0 Å². The molecule has 78 valence electrons. The molecule has 15 heavy (non-hydrogen) atoms. The molecular formula is C13H16N2. The molecule has 1 aliphatic carbocycles. The van der Waals surface area contributed by atoms with Crippen molar-refractivity contribution >= 4 is 0 Å². The second-order valence-electron chi connectivity index (χ2n) is 4.40. The van der Waals surface area contributed by atoms with Gasteiger partial charge in [-0.2, -0.15) is 5.26 Å². The second-order valence-corrected chi connectivity index (χ2v) is 4.40. The van der Waals surface area contributed by atoms with E-state index >= 15 is 0 Å². The van der Waals surface area contributed by atoms with Crippen LogP contribution in [0, 0.1) is 18.3 Å². The van der Waals surface area contributed by atoms with Crippen molar-refractivity contribution in [3.63, 3.8) is 0 Å². The zero-order valence-corrected chi connectivity index (χ0v) is 9.33. The standard InChI is InChI=1S/C13H16N2/c1-10-7-11(8-14)3-4-12(10)9-15(2)13-5-6-13/h3-4,7,13H,5-6,9H2,1-2H3. The van der Waals surface area contributed by atoms with Gasteiger partial charge in [0.05, 0.1) is 11.6 Å². The molecule has 0 bridgehead atoms. The molecule has 2 rings (SSSR count). The summed E-state index contributed by atoms with van der Waals surface area (Å²) in [5.74, 6) is 0. The highest BCUT2D eigenvalue weighted by Gasteiger charge is 2.26. The number of hydrogen-bond donors (Lipinski definition) is 0. The van der Waals surface area contributed by atoms with E-state index in [1.165, 1.54) is 24.0 Å². The smallest absolute Gasteiger partial charge is 0.0991 e. The summed E-state index contributed by atoms with van der Waals surface area (Å²) in [4.78, 5) is 2.40. The first-order valence-corrected chi connectivity index (χ1v) is 5.40. The third kappa shape index (κ3) is 2.37. The lowest BCUT2D eigenvalue weighted by Crippen LogP contribution is -2.20. The van der Waals surface area contributed by atoms with Crippen LogP contribution in [0.3, 0.4) is 0 Å². The summed E-state index contributed by atoms with van der Waals surface area (Å²) in [6.45, 7) is 3.08. The zero-order chi connectivity index (χ0) is 10.8. The van der Waals surface area contributed by atoms with E-state index in [0.717, 1.165) is 18.2 Å². The normalized spacial score (nSPS) is 15.3. The van der Waals surface area contributed by atoms with Gasteiger partial charge in [0.2, 0.25) is 0 Å². The largest absolute Gasteiger partial charge is 0.299 e. The van der Waals surface area contributed by atoms with Crippen LogP contribution in [-0.4, -0.2) is 18.0 Å². The summed E-state index contributed by atoms with van der Waals surface area (Å²) in [6.07, 6.45) is 2.68. The fourth-order valence-corrected chi connectivity index (χ4v) is 1.86. The quantitative estimate of drug-likeness (QED) is 0.749. The Kier molecular flexibility index (Phi) is 2.75. The molecule has 1 aromatic carbocycles. The van der Waals surface area contributed by atoms with Crippen LogP contribution >= 0.6 is 0 Å². The molecule has 0 aromatic heterocycles. The molecular weight excluding hydrogens is 184 g/mol. The maximum Gasteiger partial charge on any atom is 0.0991 e. The minimum Gasteiger partial charge on any atom is -0.299 e. The van der Waals surface area contributed by atoms with Gasteiger partial charge >= 0.3 is 0 Å². The Labute approximate surface area is 91.1 Å². The molecule has 0 spiro atoms. The number of rotatable bonds is 3. The summed E-state index contributed by atoms with van der Waals surface area (Å²) in [5, 5.41) is 8.77. The minimum absolute atomic E-state index is 0.755. The highest BCUT2D eigenvalue weighted by atomic mass is 15.1. The highest BCUT2D eigenvalue weighted by molar-refractivity contribution is 5.37. The average Bonchev–Trinajstić information content (AvgIpc) is 3.04. The van der Waals surface area contributed by atoms with Crippen molar-refractivity contribution < 1.29 is 0 Å². The van der Waals surface area contributed by atoms with Gasteiger partial charge in [0.1, 0.15) is 0 Å². The van der Waals surface area contributed by atoms with E-state index in [4.69, 9.17) is 5.26 Å². The molecule has 1 aliphatic rings. The van der Waals surface area contributed by atoms with Gasteiger partial charge in [-0.25, -0.2) is 0 Å². The maximum atomic E-state index is 8.77. The van der Waals surface area contributed by atoms with Crippen molar-refractivity contribution in [3.8, 4) is 6.07 Å². The van der Waals surface area contributed by atoms with Crippen molar-refractivity contribution in [1.82, 2.24) is 4.90 Å². The molecule has 0 amide bonds. The Balaban J connectivity index is 2.11. The summed E-state index contributed by atoms with van der Waals surface area (Å²) in [6, 6.07) is 8.91. The number of nitriles is 1. The topological polar surface area (TPSA) is 27.0 Å². The lowest BCUT2D eigenvalue weighted by molar-refractivity contribution is 0.316. The van der Waals surface area contributed by atoms with Gasteiger partial charge in [-0.1, -0.05) is 6.07 Å². The van der Waals surface area contributed by atoms with Crippen LogP contribution in [-0.2, 0) is 6.54 Å². The van der Waals surface area contributed by atoms with Crippen molar-refractivity contribution in [2.45, 2.75) is 32.4 Å². The van der Waals surface area contributed by atoms with E-state index in [1.807, 2.05) is 12.1 Å². The van der Waals surface area contributed by atoms with Gasteiger partial charge in [0.15, 0.2) is 0 Å². The van der Waals surface area contributed by atoms with Crippen molar-refractivity contribution in [2.75, 3.05) is 7.05 Å². The first kappa shape index (κ1) is 10.2. The van der Waals surface area contributed by atoms with E-state index in [9.17, 15) is 0 Å². The number of nitrogens with zero attached hydrogens (tertiary/aromatic N) is 2. The first-order valence-electron chi connectivity index (χ1n) is 5.40. The van der Waals surface area contributed by atoms with Crippen molar-refractivity contribution in [3.05, 3.63) is 34.9 Å². The van der Waals surface area contributed by atoms with Gasteiger partial charge in [0.25, 0.3) is 0 Å². The van der Waals surface area contributed by atoms with Crippen LogP contribution in [0.15, 0.2) is 18.2 Å². The lowest BCUT2D eigenvalue weighted by atomic mass is 10.1. The Hall–Kier alpha value is -1.33. The zero-order valence-electron chi connectivity index (χ0n) is 9.33. The van der Waals surface area contributed by atoms with E-state index in [0.29, 0.717) is 0 Å². The second kappa shape index (κ2) is 4.04.